The van der Waals surface area contributed by atoms with Crippen LogP contribution in [-0.2, 0) is 6.54 Å². The van der Waals surface area contributed by atoms with Crippen LogP contribution in [0.5, 0.6) is 0 Å². The van der Waals surface area contributed by atoms with Gasteiger partial charge in [0.1, 0.15) is 0 Å². The maximum atomic E-state index is 6.34. The Balaban J connectivity index is 2.44. The molecule has 2 aromatic rings. The predicted octanol–water partition coefficient (Wildman–Crippen LogP) is 3.35. The molecule has 0 aliphatic carbocycles. The fraction of sp³-hybridized carbons (Fsp3) is 0.467. The van der Waals surface area contributed by atoms with Gasteiger partial charge in [-0.2, -0.15) is 5.10 Å². The Labute approximate surface area is 125 Å². The molecule has 5 heteroatoms. The van der Waals surface area contributed by atoms with Crippen molar-refractivity contribution < 1.29 is 0 Å². The maximum Gasteiger partial charge on any atom is 0.0837 e. The van der Waals surface area contributed by atoms with Crippen molar-refractivity contribution >= 4 is 11.6 Å². The number of aryl methyl sites for hydroxylation is 2. The van der Waals surface area contributed by atoms with Crippen LogP contribution >= 0.6 is 11.6 Å². The summed E-state index contributed by atoms with van der Waals surface area (Å²) in [4.78, 5) is 4.30. The van der Waals surface area contributed by atoms with Crippen molar-refractivity contribution in [3.8, 4) is 0 Å². The van der Waals surface area contributed by atoms with E-state index in [4.69, 9.17) is 11.6 Å². The minimum absolute atomic E-state index is 0.0253. The molecule has 4 nitrogen and oxygen atoms in total. The van der Waals surface area contributed by atoms with E-state index >= 15 is 0 Å². The first-order valence-electron chi connectivity index (χ1n) is 7.03. The Morgan fingerprint density at radius 3 is 2.75 bits per heavy atom. The third kappa shape index (κ3) is 3.19. The van der Waals surface area contributed by atoms with E-state index in [-0.39, 0.29) is 6.04 Å². The molecule has 2 aromatic heterocycles. The molecule has 20 heavy (non-hydrogen) atoms. The van der Waals surface area contributed by atoms with Gasteiger partial charge >= 0.3 is 0 Å². The fourth-order valence-electron chi connectivity index (χ4n) is 2.31. The van der Waals surface area contributed by atoms with Gasteiger partial charge in [0.05, 0.1) is 23.0 Å². The predicted molar refractivity (Wildman–Crippen MR) is 82.0 cm³/mol. The van der Waals surface area contributed by atoms with Crippen LogP contribution in [0.25, 0.3) is 0 Å². The molecule has 1 atom stereocenters. The number of nitrogens with one attached hydrogen (secondary N) is 1. The summed E-state index contributed by atoms with van der Waals surface area (Å²) in [6.07, 6.45) is 6.53. The van der Waals surface area contributed by atoms with Gasteiger partial charge in [-0.25, -0.2) is 0 Å². The number of hydrogen-bond acceptors (Lipinski definition) is 3. The Bertz CT molecular complexity index is 565. The molecule has 0 fully saturated rings. The van der Waals surface area contributed by atoms with Crippen LogP contribution in [0.15, 0.2) is 24.7 Å². The lowest BCUT2D eigenvalue weighted by molar-refractivity contribution is 0.529. The van der Waals surface area contributed by atoms with E-state index in [1.807, 2.05) is 24.0 Å². The van der Waals surface area contributed by atoms with Crippen molar-refractivity contribution in [2.75, 3.05) is 6.54 Å². The van der Waals surface area contributed by atoms with E-state index in [0.717, 1.165) is 36.3 Å². The first-order chi connectivity index (χ1) is 9.67. The molecule has 0 radical (unpaired) electrons. The highest BCUT2D eigenvalue weighted by molar-refractivity contribution is 6.31. The number of hydrogen-bond donors (Lipinski definition) is 1. The number of pyridine rings is 1. The molecule has 1 N–H and O–H groups in total. The zero-order valence-corrected chi connectivity index (χ0v) is 13.0. The SMILES string of the molecule is CCCNC(c1cncc(C)c1)c1c(Cl)cnn1CC. The average molecular weight is 293 g/mol. The van der Waals surface area contributed by atoms with Gasteiger partial charge in [0.2, 0.25) is 0 Å². The van der Waals surface area contributed by atoms with Crippen LogP contribution in [0.1, 0.15) is 43.1 Å². The van der Waals surface area contributed by atoms with Crippen LogP contribution in [0.2, 0.25) is 5.02 Å². The lowest BCUT2D eigenvalue weighted by Crippen LogP contribution is -2.26. The second kappa shape index (κ2) is 6.86. The van der Waals surface area contributed by atoms with Crippen molar-refractivity contribution in [1.82, 2.24) is 20.1 Å². The lowest BCUT2D eigenvalue weighted by atomic mass is 10.0. The smallest absolute Gasteiger partial charge is 0.0837 e. The molecule has 0 aliphatic heterocycles. The second-order valence-electron chi connectivity index (χ2n) is 4.88. The van der Waals surface area contributed by atoms with E-state index in [1.165, 1.54) is 0 Å². The first kappa shape index (κ1) is 15.0. The number of aromatic nitrogens is 3. The third-order valence-corrected chi connectivity index (χ3v) is 3.53. The molecule has 2 heterocycles. The van der Waals surface area contributed by atoms with E-state index in [1.54, 1.807) is 6.20 Å². The zero-order valence-electron chi connectivity index (χ0n) is 12.2. The molecule has 0 saturated heterocycles. The van der Waals surface area contributed by atoms with Crippen molar-refractivity contribution in [2.45, 2.75) is 39.8 Å². The van der Waals surface area contributed by atoms with Gasteiger partial charge in [-0.15, -0.1) is 0 Å². The van der Waals surface area contributed by atoms with Crippen LogP contribution in [-0.4, -0.2) is 21.3 Å². The molecule has 108 valence electrons. The van der Waals surface area contributed by atoms with Crippen molar-refractivity contribution in [3.63, 3.8) is 0 Å². The Morgan fingerprint density at radius 1 is 1.30 bits per heavy atom. The van der Waals surface area contributed by atoms with E-state index in [9.17, 15) is 0 Å². The topological polar surface area (TPSA) is 42.7 Å². The molecular weight excluding hydrogens is 272 g/mol. The number of nitrogens with zero attached hydrogens (tertiary/aromatic N) is 3. The minimum Gasteiger partial charge on any atom is -0.305 e. The van der Waals surface area contributed by atoms with Gasteiger partial charge in [-0.05, 0) is 37.9 Å². The average Bonchev–Trinajstić information content (AvgIpc) is 2.81. The molecule has 0 saturated carbocycles. The Hall–Kier alpha value is -1.39. The number of rotatable bonds is 6. The van der Waals surface area contributed by atoms with Crippen LogP contribution in [0.3, 0.4) is 0 Å². The highest BCUT2D eigenvalue weighted by Crippen LogP contribution is 2.28. The standard InChI is InChI=1S/C15H21ClN4/c1-4-6-18-14(12-7-11(3)8-17-9-12)15-13(16)10-19-20(15)5-2/h7-10,14,18H,4-6H2,1-3H3. The van der Waals surface area contributed by atoms with Gasteiger partial charge in [0, 0.05) is 18.9 Å². The summed E-state index contributed by atoms with van der Waals surface area (Å²) in [5, 5.41) is 8.58. The largest absolute Gasteiger partial charge is 0.305 e. The molecule has 0 spiro atoms. The molecule has 0 bridgehead atoms. The second-order valence-corrected chi connectivity index (χ2v) is 5.28. The maximum absolute atomic E-state index is 6.34. The summed E-state index contributed by atoms with van der Waals surface area (Å²) >= 11 is 6.34. The van der Waals surface area contributed by atoms with Gasteiger partial charge in [0.25, 0.3) is 0 Å². The van der Waals surface area contributed by atoms with Gasteiger partial charge in [-0.1, -0.05) is 24.6 Å². The van der Waals surface area contributed by atoms with Crippen LogP contribution in [0.4, 0.5) is 0 Å². The monoisotopic (exact) mass is 292 g/mol. The fourth-order valence-corrected chi connectivity index (χ4v) is 2.56. The van der Waals surface area contributed by atoms with Crippen LogP contribution < -0.4 is 5.32 Å². The summed E-state index contributed by atoms with van der Waals surface area (Å²) in [5.74, 6) is 0. The van der Waals surface area contributed by atoms with Gasteiger partial charge in [0.15, 0.2) is 0 Å². The Morgan fingerprint density at radius 2 is 2.10 bits per heavy atom. The highest BCUT2D eigenvalue weighted by atomic mass is 35.5. The summed E-state index contributed by atoms with van der Waals surface area (Å²) < 4.78 is 1.94. The van der Waals surface area contributed by atoms with Gasteiger partial charge < -0.3 is 5.32 Å². The normalized spacial score (nSPS) is 12.6. The quantitative estimate of drug-likeness (QED) is 0.888. The molecule has 1 unspecified atom stereocenters. The molecule has 0 aliphatic rings. The molecular formula is C15H21ClN4. The summed E-state index contributed by atoms with van der Waals surface area (Å²) in [6, 6.07) is 2.17. The number of halogens is 1. The molecule has 0 amide bonds. The minimum atomic E-state index is 0.0253. The van der Waals surface area contributed by atoms with Crippen LogP contribution in [0, 0.1) is 6.92 Å². The Kier molecular flexibility index (Phi) is 5.15. The van der Waals surface area contributed by atoms with Crippen molar-refractivity contribution in [1.29, 1.82) is 0 Å². The van der Waals surface area contributed by atoms with E-state index in [2.05, 4.69) is 35.3 Å². The molecule has 2 rings (SSSR count). The summed E-state index contributed by atoms with van der Waals surface area (Å²) in [6.45, 7) is 7.98. The lowest BCUT2D eigenvalue weighted by Gasteiger charge is -2.20. The van der Waals surface area contributed by atoms with Crippen molar-refractivity contribution in [2.24, 2.45) is 0 Å². The van der Waals surface area contributed by atoms with Gasteiger partial charge in [-0.3, -0.25) is 9.67 Å². The van der Waals surface area contributed by atoms with E-state index < -0.39 is 0 Å². The zero-order chi connectivity index (χ0) is 14.5. The molecule has 0 aromatic carbocycles. The highest BCUT2D eigenvalue weighted by Gasteiger charge is 2.21. The third-order valence-electron chi connectivity index (χ3n) is 3.23. The first-order valence-corrected chi connectivity index (χ1v) is 7.41. The van der Waals surface area contributed by atoms with Crippen molar-refractivity contribution in [3.05, 3.63) is 46.5 Å². The van der Waals surface area contributed by atoms with E-state index in [0.29, 0.717) is 5.02 Å². The summed E-state index contributed by atoms with van der Waals surface area (Å²) in [7, 11) is 0. The summed E-state index contributed by atoms with van der Waals surface area (Å²) in [5.41, 5.74) is 3.27.